The van der Waals surface area contributed by atoms with Crippen LogP contribution >= 0.6 is 23.5 Å². The van der Waals surface area contributed by atoms with E-state index >= 15 is 0 Å². The van der Waals surface area contributed by atoms with Gasteiger partial charge in [-0.15, -0.1) is 11.8 Å². The molecule has 0 radical (unpaired) electrons. The molecular formula is C24H19F4NOS2. The average Bonchev–Trinajstić information content (AvgIpc) is 3.51. The maximum Gasteiger partial charge on any atom is 0.446 e. The second-order valence-corrected chi connectivity index (χ2v) is 10.1. The summed E-state index contributed by atoms with van der Waals surface area (Å²) >= 11 is 1.54. The van der Waals surface area contributed by atoms with Crippen LogP contribution in [0.2, 0.25) is 0 Å². The van der Waals surface area contributed by atoms with Crippen LogP contribution in [0.5, 0.6) is 0 Å². The van der Waals surface area contributed by atoms with Gasteiger partial charge in [-0.3, -0.25) is 4.79 Å². The van der Waals surface area contributed by atoms with Gasteiger partial charge in [-0.1, -0.05) is 24.3 Å². The van der Waals surface area contributed by atoms with E-state index in [0.717, 1.165) is 23.3 Å². The second kappa shape index (κ2) is 9.19. The lowest BCUT2D eigenvalue weighted by atomic mass is 10.1. The van der Waals surface area contributed by atoms with E-state index in [1.54, 1.807) is 23.9 Å². The second-order valence-electron chi connectivity index (χ2n) is 7.54. The number of thioether (sulfide) groups is 2. The van der Waals surface area contributed by atoms with Crippen molar-refractivity contribution < 1.29 is 22.4 Å². The van der Waals surface area contributed by atoms with Gasteiger partial charge in [-0.05, 0) is 84.3 Å². The maximum atomic E-state index is 13.1. The Morgan fingerprint density at radius 3 is 2.03 bits per heavy atom. The van der Waals surface area contributed by atoms with Crippen molar-refractivity contribution in [3.63, 3.8) is 0 Å². The standard InChI is InChI=1S/C24H19F4NOS2/c25-18-5-11-20(12-6-18)31-23(13-14-23)17-3-7-19(8-4-17)29-22(30)15-16-1-9-21(10-2-16)32-24(26,27)28/h1-12H,13-15H2,(H,29,30). The third kappa shape index (κ3) is 6.07. The van der Waals surface area contributed by atoms with E-state index in [-0.39, 0.29) is 39.5 Å². The lowest BCUT2D eigenvalue weighted by molar-refractivity contribution is -0.115. The van der Waals surface area contributed by atoms with Crippen molar-refractivity contribution in [1.82, 2.24) is 0 Å². The predicted octanol–water partition coefficient (Wildman–Crippen LogP) is 7.40. The molecule has 2 nitrogen and oxygen atoms in total. The Morgan fingerprint density at radius 2 is 1.47 bits per heavy atom. The molecule has 3 aromatic rings. The Balaban J connectivity index is 1.33. The highest BCUT2D eigenvalue weighted by Crippen LogP contribution is 2.59. The van der Waals surface area contributed by atoms with Gasteiger partial charge in [0.2, 0.25) is 5.91 Å². The molecule has 1 aliphatic carbocycles. The Hall–Kier alpha value is -2.45. The lowest BCUT2D eigenvalue weighted by Crippen LogP contribution is -2.14. The van der Waals surface area contributed by atoms with Gasteiger partial charge in [0, 0.05) is 20.2 Å². The summed E-state index contributed by atoms with van der Waals surface area (Å²) in [5.41, 5.74) is -1.88. The number of carbonyl (C=O) groups excluding carboxylic acids is 1. The minimum Gasteiger partial charge on any atom is -0.326 e. The fourth-order valence-electron chi connectivity index (χ4n) is 3.35. The van der Waals surface area contributed by atoms with Gasteiger partial charge in [0.25, 0.3) is 0 Å². The number of nitrogens with one attached hydrogen (secondary N) is 1. The lowest BCUT2D eigenvalue weighted by Gasteiger charge is -2.16. The highest BCUT2D eigenvalue weighted by Gasteiger charge is 2.45. The molecule has 0 atom stereocenters. The van der Waals surface area contributed by atoms with Crippen LogP contribution in [0.1, 0.15) is 24.0 Å². The van der Waals surface area contributed by atoms with E-state index in [1.807, 2.05) is 24.3 Å². The normalized spacial score (nSPS) is 14.8. The van der Waals surface area contributed by atoms with Crippen molar-refractivity contribution in [3.05, 3.63) is 89.7 Å². The van der Waals surface area contributed by atoms with Crippen LogP contribution in [0.3, 0.4) is 0 Å². The Labute approximate surface area is 191 Å². The number of halogens is 4. The quantitative estimate of drug-likeness (QED) is 0.284. The van der Waals surface area contributed by atoms with Crippen molar-refractivity contribution >= 4 is 35.1 Å². The average molecular weight is 478 g/mol. The van der Waals surface area contributed by atoms with Crippen LogP contribution in [0, 0.1) is 5.82 Å². The van der Waals surface area contributed by atoms with E-state index in [1.165, 1.54) is 36.4 Å². The molecule has 1 saturated carbocycles. The highest BCUT2D eigenvalue weighted by molar-refractivity contribution is 8.00. The molecule has 0 heterocycles. The summed E-state index contributed by atoms with van der Waals surface area (Å²) in [4.78, 5) is 13.4. The number of amides is 1. The van der Waals surface area contributed by atoms with Crippen molar-refractivity contribution in [2.75, 3.05) is 5.32 Å². The number of carbonyl (C=O) groups is 1. The molecule has 0 bridgehead atoms. The molecular weight excluding hydrogens is 458 g/mol. The minimum atomic E-state index is -4.33. The molecule has 0 aliphatic heterocycles. The van der Waals surface area contributed by atoms with Crippen LogP contribution in [0.4, 0.5) is 23.2 Å². The summed E-state index contributed by atoms with van der Waals surface area (Å²) in [6, 6.07) is 19.9. The largest absolute Gasteiger partial charge is 0.446 e. The van der Waals surface area contributed by atoms with Crippen molar-refractivity contribution in [3.8, 4) is 0 Å². The molecule has 166 valence electrons. The summed E-state index contributed by atoms with van der Waals surface area (Å²) in [6.45, 7) is 0. The van der Waals surface area contributed by atoms with E-state index < -0.39 is 5.51 Å². The zero-order valence-electron chi connectivity index (χ0n) is 16.8. The fraction of sp³-hybridized carbons (Fsp3) is 0.208. The van der Waals surface area contributed by atoms with E-state index in [9.17, 15) is 22.4 Å². The molecule has 8 heteroatoms. The fourth-order valence-corrected chi connectivity index (χ4v) is 5.17. The molecule has 32 heavy (non-hydrogen) atoms. The van der Waals surface area contributed by atoms with Crippen molar-refractivity contribution in [1.29, 1.82) is 0 Å². The third-order valence-corrected chi connectivity index (χ3v) is 7.33. The van der Waals surface area contributed by atoms with Crippen LogP contribution in [0.25, 0.3) is 0 Å². The molecule has 4 rings (SSSR count). The minimum absolute atomic E-state index is 0.0173. The predicted molar refractivity (Wildman–Crippen MR) is 120 cm³/mol. The van der Waals surface area contributed by atoms with E-state index in [0.29, 0.717) is 11.3 Å². The summed E-state index contributed by atoms with van der Waals surface area (Å²) < 4.78 is 50.3. The Morgan fingerprint density at radius 1 is 0.875 bits per heavy atom. The van der Waals surface area contributed by atoms with Gasteiger partial charge in [-0.2, -0.15) is 13.2 Å². The van der Waals surface area contributed by atoms with E-state index in [4.69, 9.17) is 0 Å². The molecule has 1 amide bonds. The first-order valence-electron chi connectivity index (χ1n) is 9.90. The van der Waals surface area contributed by atoms with Gasteiger partial charge in [0.15, 0.2) is 0 Å². The van der Waals surface area contributed by atoms with Crippen molar-refractivity contribution in [2.24, 2.45) is 0 Å². The van der Waals surface area contributed by atoms with Crippen LogP contribution in [-0.4, -0.2) is 11.4 Å². The van der Waals surface area contributed by atoms with E-state index in [2.05, 4.69) is 5.32 Å². The molecule has 0 aromatic heterocycles. The zero-order chi connectivity index (χ0) is 22.8. The molecule has 1 fully saturated rings. The van der Waals surface area contributed by atoms with Crippen LogP contribution < -0.4 is 5.32 Å². The molecule has 0 saturated heterocycles. The first-order chi connectivity index (χ1) is 15.2. The highest BCUT2D eigenvalue weighted by atomic mass is 32.2. The van der Waals surface area contributed by atoms with Gasteiger partial charge in [0.05, 0.1) is 6.42 Å². The monoisotopic (exact) mass is 477 g/mol. The zero-order valence-corrected chi connectivity index (χ0v) is 18.4. The number of benzene rings is 3. The summed E-state index contributed by atoms with van der Waals surface area (Å²) in [6.07, 6.45) is 2.13. The Kier molecular flexibility index (Phi) is 6.53. The number of hydrogen-bond donors (Lipinski definition) is 1. The number of rotatable bonds is 7. The number of alkyl halides is 3. The summed E-state index contributed by atoms with van der Waals surface area (Å²) in [5.74, 6) is -0.494. The van der Waals surface area contributed by atoms with Gasteiger partial charge < -0.3 is 5.32 Å². The number of anilines is 1. The van der Waals surface area contributed by atoms with Crippen LogP contribution in [0.15, 0.2) is 82.6 Å². The molecule has 0 spiro atoms. The van der Waals surface area contributed by atoms with Crippen molar-refractivity contribution in [2.45, 2.75) is 39.3 Å². The first kappa shape index (κ1) is 22.7. The SMILES string of the molecule is O=C(Cc1ccc(SC(F)(F)F)cc1)Nc1ccc(C2(Sc3ccc(F)cc3)CC2)cc1. The van der Waals surface area contributed by atoms with Gasteiger partial charge in [-0.25, -0.2) is 4.39 Å². The van der Waals surface area contributed by atoms with Gasteiger partial charge in [0.1, 0.15) is 5.82 Å². The summed E-state index contributed by atoms with van der Waals surface area (Å²) in [7, 11) is 0. The molecule has 3 aromatic carbocycles. The van der Waals surface area contributed by atoms with Gasteiger partial charge >= 0.3 is 5.51 Å². The summed E-state index contributed by atoms with van der Waals surface area (Å²) in [5, 5.41) is 2.83. The Bertz CT molecular complexity index is 1080. The van der Waals surface area contributed by atoms with Crippen LogP contribution in [-0.2, 0) is 16.0 Å². The maximum absolute atomic E-state index is 13.1. The smallest absolute Gasteiger partial charge is 0.326 e. The molecule has 1 N–H and O–H groups in total. The topological polar surface area (TPSA) is 29.1 Å². The number of hydrogen-bond acceptors (Lipinski definition) is 3. The first-order valence-corrected chi connectivity index (χ1v) is 11.5. The molecule has 1 aliphatic rings. The molecule has 0 unspecified atom stereocenters. The third-order valence-electron chi connectivity index (χ3n) is 5.05.